The van der Waals surface area contributed by atoms with Crippen LogP contribution in [0, 0.1) is 0 Å². The molecule has 2 heterocycles. The van der Waals surface area contributed by atoms with Crippen molar-refractivity contribution in [2.75, 3.05) is 0 Å². The van der Waals surface area contributed by atoms with E-state index in [0.29, 0.717) is 12.6 Å². The Morgan fingerprint density at radius 3 is 2.75 bits per heavy atom. The van der Waals surface area contributed by atoms with Gasteiger partial charge in [0, 0.05) is 23.1 Å². The molecule has 1 aliphatic carbocycles. The lowest BCUT2D eigenvalue weighted by molar-refractivity contribution is 0.461. The number of halogens is 1. The second-order valence-corrected chi connectivity index (χ2v) is 7.56. The highest BCUT2D eigenvalue weighted by atomic mass is 35.7. The second kappa shape index (κ2) is 5.21. The Labute approximate surface area is 121 Å². The second-order valence-electron chi connectivity index (χ2n) is 5.05. The molecular weight excluding hydrogens is 300 g/mol. The van der Waals surface area contributed by atoms with E-state index in [1.54, 1.807) is 4.57 Å². The molecule has 0 aliphatic heterocycles. The SMILES string of the molecule is O=S(=O)(Cl)c1cn(Cc2ccn(C3CCCC3)n2)cn1. The lowest BCUT2D eigenvalue weighted by Crippen LogP contribution is -2.06. The van der Waals surface area contributed by atoms with Crippen LogP contribution in [-0.4, -0.2) is 27.7 Å². The van der Waals surface area contributed by atoms with Crippen molar-refractivity contribution < 1.29 is 8.42 Å². The summed E-state index contributed by atoms with van der Waals surface area (Å²) in [5.74, 6) is 0. The van der Waals surface area contributed by atoms with Crippen LogP contribution in [0.15, 0.2) is 29.8 Å². The first-order chi connectivity index (χ1) is 9.52. The Bertz CT molecular complexity index is 701. The van der Waals surface area contributed by atoms with Crippen molar-refractivity contribution >= 4 is 19.7 Å². The van der Waals surface area contributed by atoms with E-state index in [-0.39, 0.29) is 5.03 Å². The fourth-order valence-corrected chi connectivity index (χ4v) is 3.25. The predicted octanol–water partition coefficient (Wildman–Crippen LogP) is 2.17. The standard InChI is InChI=1S/C12H15ClN4O2S/c13-20(18,19)12-8-16(9-14-12)7-10-5-6-17(15-10)11-3-1-2-4-11/h5-6,8-9,11H,1-4,7H2. The van der Waals surface area contributed by atoms with E-state index >= 15 is 0 Å². The highest BCUT2D eigenvalue weighted by molar-refractivity contribution is 8.13. The van der Waals surface area contributed by atoms with Gasteiger partial charge in [0.15, 0.2) is 5.03 Å². The van der Waals surface area contributed by atoms with Gasteiger partial charge in [0.25, 0.3) is 9.05 Å². The molecule has 0 spiro atoms. The van der Waals surface area contributed by atoms with Crippen LogP contribution in [0.4, 0.5) is 0 Å². The summed E-state index contributed by atoms with van der Waals surface area (Å²) >= 11 is 0. The molecule has 2 aromatic rings. The van der Waals surface area contributed by atoms with Crippen molar-refractivity contribution in [2.45, 2.75) is 43.3 Å². The zero-order valence-corrected chi connectivity index (χ0v) is 12.4. The summed E-state index contributed by atoms with van der Waals surface area (Å²) < 4.78 is 26.0. The highest BCUT2D eigenvalue weighted by Crippen LogP contribution is 2.28. The van der Waals surface area contributed by atoms with Crippen LogP contribution in [-0.2, 0) is 15.6 Å². The molecule has 0 radical (unpaired) electrons. The summed E-state index contributed by atoms with van der Waals surface area (Å²) in [4.78, 5) is 3.78. The number of hydrogen-bond acceptors (Lipinski definition) is 4. The van der Waals surface area contributed by atoms with Gasteiger partial charge in [-0.15, -0.1) is 0 Å². The van der Waals surface area contributed by atoms with E-state index in [1.807, 2.05) is 16.9 Å². The third kappa shape index (κ3) is 2.88. The minimum Gasteiger partial charge on any atom is -0.330 e. The molecule has 108 valence electrons. The van der Waals surface area contributed by atoms with Gasteiger partial charge < -0.3 is 4.57 Å². The molecule has 2 aromatic heterocycles. The van der Waals surface area contributed by atoms with Crippen LogP contribution in [0.3, 0.4) is 0 Å². The molecule has 0 bridgehead atoms. The van der Waals surface area contributed by atoms with E-state index < -0.39 is 9.05 Å². The topological polar surface area (TPSA) is 69.8 Å². The maximum atomic E-state index is 11.1. The summed E-state index contributed by atoms with van der Waals surface area (Å²) in [6, 6.07) is 2.46. The minimum atomic E-state index is -3.77. The monoisotopic (exact) mass is 314 g/mol. The van der Waals surface area contributed by atoms with Crippen LogP contribution in [0.25, 0.3) is 0 Å². The quantitative estimate of drug-likeness (QED) is 0.811. The molecule has 1 fully saturated rings. The van der Waals surface area contributed by atoms with E-state index in [1.165, 1.54) is 38.2 Å². The van der Waals surface area contributed by atoms with Crippen molar-refractivity contribution in [3.05, 3.63) is 30.5 Å². The van der Waals surface area contributed by atoms with Gasteiger partial charge >= 0.3 is 0 Å². The summed E-state index contributed by atoms with van der Waals surface area (Å²) in [5, 5.41) is 4.41. The minimum absolute atomic E-state index is 0.130. The summed E-state index contributed by atoms with van der Waals surface area (Å²) in [6.07, 6.45) is 9.74. The van der Waals surface area contributed by atoms with Crippen LogP contribution in [0.5, 0.6) is 0 Å². The largest absolute Gasteiger partial charge is 0.330 e. The maximum Gasteiger partial charge on any atom is 0.280 e. The average Bonchev–Trinajstić information content (AvgIpc) is 3.08. The molecule has 0 N–H and O–H groups in total. The molecule has 1 aliphatic rings. The van der Waals surface area contributed by atoms with Crippen molar-refractivity contribution in [2.24, 2.45) is 0 Å². The molecule has 0 atom stereocenters. The number of nitrogens with zero attached hydrogens (tertiary/aromatic N) is 4. The third-order valence-electron chi connectivity index (χ3n) is 3.57. The maximum absolute atomic E-state index is 11.1. The van der Waals surface area contributed by atoms with Crippen LogP contribution in [0.2, 0.25) is 0 Å². The summed E-state index contributed by atoms with van der Waals surface area (Å²) in [5.41, 5.74) is 0.882. The van der Waals surface area contributed by atoms with Gasteiger partial charge in [-0.2, -0.15) is 5.10 Å². The molecule has 3 rings (SSSR count). The van der Waals surface area contributed by atoms with Crippen LogP contribution >= 0.6 is 10.7 Å². The molecule has 0 unspecified atom stereocenters. The first-order valence-electron chi connectivity index (χ1n) is 6.53. The lowest BCUT2D eigenvalue weighted by Gasteiger charge is -2.08. The zero-order valence-electron chi connectivity index (χ0n) is 10.8. The molecule has 0 aromatic carbocycles. The molecule has 1 saturated carbocycles. The van der Waals surface area contributed by atoms with E-state index in [4.69, 9.17) is 10.7 Å². The van der Waals surface area contributed by atoms with Gasteiger partial charge in [-0.1, -0.05) is 12.8 Å². The third-order valence-corrected chi connectivity index (χ3v) is 4.75. The number of imidazole rings is 1. The summed E-state index contributed by atoms with van der Waals surface area (Å²) in [7, 11) is 1.47. The fourth-order valence-electron chi connectivity index (χ4n) is 2.57. The fraction of sp³-hybridized carbons (Fsp3) is 0.500. The van der Waals surface area contributed by atoms with Crippen LogP contribution < -0.4 is 0 Å². The normalized spacial score (nSPS) is 16.9. The van der Waals surface area contributed by atoms with Gasteiger partial charge in [0.2, 0.25) is 0 Å². The van der Waals surface area contributed by atoms with Crippen molar-refractivity contribution in [3.8, 4) is 0 Å². The van der Waals surface area contributed by atoms with Crippen molar-refractivity contribution in [3.63, 3.8) is 0 Å². The van der Waals surface area contributed by atoms with Gasteiger partial charge in [-0.3, -0.25) is 4.68 Å². The number of hydrogen-bond donors (Lipinski definition) is 0. The van der Waals surface area contributed by atoms with Gasteiger partial charge in [-0.25, -0.2) is 13.4 Å². The predicted molar refractivity (Wildman–Crippen MR) is 74.1 cm³/mol. The van der Waals surface area contributed by atoms with Gasteiger partial charge in [0.1, 0.15) is 0 Å². The molecule has 20 heavy (non-hydrogen) atoms. The highest BCUT2D eigenvalue weighted by Gasteiger charge is 2.18. The Kier molecular flexibility index (Phi) is 3.55. The Morgan fingerprint density at radius 2 is 2.10 bits per heavy atom. The van der Waals surface area contributed by atoms with E-state index in [2.05, 4.69) is 10.1 Å². The van der Waals surface area contributed by atoms with E-state index in [0.717, 1.165) is 5.69 Å². The Balaban J connectivity index is 1.73. The smallest absolute Gasteiger partial charge is 0.280 e. The first kappa shape index (κ1) is 13.6. The average molecular weight is 315 g/mol. The van der Waals surface area contributed by atoms with E-state index in [9.17, 15) is 8.42 Å². The molecule has 0 amide bonds. The molecule has 8 heteroatoms. The lowest BCUT2D eigenvalue weighted by atomic mass is 10.3. The zero-order chi connectivity index (χ0) is 14.2. The van der Waals surface area contributed by atoms with Crippen LogP contribution in [0.1, 0.15) is 37.4 Å². The first-order valence-corrected chi connectivity index (χ1v) is 8.84. The van der Waals surface area contributed by atoms with Gasteiger partial charge in [0.05, 0.1) is 24.6 Å². The number of aromatic nitrogens is 4. The Morgan fingerprint density at radius 1 is 1.35 bits per heavy atom. The van der Waals surface area contributed by atoms with Crippen molar-refractivity contribution in [1.29, 1.82) is 0 Å². The number of rotatable bonds is 4. The molecule has 6 nitrogen and oxygen atoms in total. The Hall–Kier alpha value is -1.34. The van der Waals surface area contributed by atoms with Gasteiger partial charge in [-0.05, 0) is 18.9 Å². The molecule has 0 saturated heterocycles. The molecular formula is C12H15ClN4O2S. The van der Waals surface area contributed by atoms with Crippen molar-refractivity contribution in [1.82, 2.24) is 19.3 Å². The summed E-state index contributed by atoms with van der Waals surface area (Å²) in [6.45, 7) is 0.485.